The SMILES string of the molecule is COc1ccc(C)cc1C1(CNC(=O)[C@@H](C)N)CCOCC1.Cl. The Morgan fingerprint density at radius 2 is 2.09 bits per heavy atom. The Kier molecular flexibility index (Phi) is 7.32. The minimum Gasteiger partial charge on any atom is -0.496 e. The second-order valence-electron chi connectivity index (χ2n) is 6.10. The van der Waals surface area contributed by atoms with E-state index in [-0.39, 0.29) is 23.7 Å². The summed E-state index contributed by atoms with van der Waals surface area (Å²) in [5, 5.41) is 2.99. The monoisotopic (exact) mass is 342 g/mol. The van der Waals surface area contributed by atoms with Crippen LogP contribution in [0.1, 0.15) is 30.9 Å². The molecule has 1 saturated heterocycles. The van der Waals surface area contributed by atoms with Crippen LogP contribution in [0.4, 0.5) is 0 Å². The van der Waals surface area contributed by atoms with Crippen molar-refractivity contribution in [3.63, 3.8) is 0 Å². The molecule has 0 spiro atoms. The van der Waals surface area contributed by atoms with E-state index in [0.29, 0.717) is 19.8 Å². The third-order valence-corrected chi connectivity index (χ3v) is 4.39. The third-order valence-electron chi connectivity index (χ3n) is 4.39. The largest absolute Gasteiger partial charge is 0.496 e. The summed E-state index contributed by atoms with van der Waals surface area (Å²) in [7, 11) is 1.68. The van der Waals surface area contributed by atoms with Gasteiger partial charge >= 0.3 is 0 Å². The summed E-state index contributed by atoms with van der Waals surface area (Å²) in [4.78, 5) is 11.9. The maximum absolute atomic E-state index is 11.9. The highest BCUT2D eigenvalue weighted by molar-refractivity contribution is 5.85. The molecule has 1 aromatic rings. The molecule has 1 atom stereocenters. The first kappa shape index (κ1) is 19.7. The highest BCUT2D eigenvalue weighted by Gasteiger charge is 2.37. The van der Waals surface area contributed by atoms with Crippen LogP contribution in [0.25, 0.3) is 0 Å². The average Bonchev–Trinajstić information content (AvgIpc) is 2.53. The summed E-state index contributed by atoms with van der Waals surface area (Å²) in [5.74, 6) is 0.736. The van der Waals surface area contributed by atoms with Crippen molar-refractivity contribution >= 4 is 18.3 Å². The summed E-state index contributed by atoms with van der Waals surface area (Å²) in [6, 6.07) is 5.68. The molecular weight excluding hydrogens is 316 g/mol. The Labute approximate surface area is 144 Å². The molecule has 0 unspecified atom stereocenters. The van der Waals surface area contributed by atoms with Gasteiger partial charge in [-0.2, -0.15) is 0 Å². The lowest BCUT2D eigenvalue weighted by atomic mass is 9.73. The smallest absolute Gasteiger partial charge is 0.236 e. The fourth-order valence-electron chi connectivity index (χ4n) is 2.96. The van der Waals surface area contributed by atoms with Gasteiger partial charge in [-0.05, 0) is 32.8 Å². The van der Waals surface area contributed by atoms with E-state index >= 15 is 0 Å². The Balaban J connectivity index is 0.00000264. The summed E-state index contributed by atoms with van der Waals surface area (Å²) in [6.45, 7) is 5.68. The fourth-order valence-corrected chi connectivity index (χ4v) is 2.96. The molecule has 3 N–H and O–H groups in total. The van der Waals surface area contributed by atoms with Crippen molar-refractivity contribution in [2.75, 3.05) is 26.9 Å². The number of methoxy groups -OCH3 is 1. The number of rotatable bonds is 5. The lowest BCUT2D eigenvalue weighted by Crippen LogP contribution is -2.48. The number of hydrogen-bond donors (Lipinski definition) is 2. The van der Waals surface area contributed by atoms with Gasteiger partial charge in [-0.25, -0.2) is 0 Å². The predicted octanol–water partition coefficient (Wildman–Crippen LogP) is 1.94. The molecule has 1 aliphatic heterocycles. The van der Waals surface area contributed by atoms with Crippen LogP contribution >= 0.6 is 12.4 Å². The zero-order chi connectivity index (χ0) is 16.2. The number of halogens is 1. The van der Waals surface area contributed by atoms with E-state index in [0.717, 1.165) is 24.2 Å². The lowest BCUT2D eigenvalue weighted by molar-refractivity contribution is -0.122. The molecule has 0 radical (unpaired) electrons. The van der Waals surface area contributed by atoms with Gasteiger partial charge < -0.3 is 20.5 Å². The molecule has 1 aromatic carbocycles. The molecule has 0 aliphatic carbocycles. The molecule has 0 saturated carbocycles. The van der Waals surface area contributed by atoms with Gasteiger partial charge in [0.2, 0.25) is 5.91 Å². The molecule has 5 nitrogen and oxygen atoms in total. The molecule has 23 heavy (non-hydrogen) atoms. The fraction of sp³-hybridized carbons (Fsp3) is 0.588. The molecular formula is C17H27ClN2O3. The maximum atomic E-state index is 11.9. The van der Waals surface area contributed by atoms with Crippen molar-refractivity contribution < 1.29 is 14.3 Å². The topological polar surface area (TPSA) is 73.6 Å². The van der Waals surface area contributed by atoms with Crippen molar-refractivity contribution in [3.8, 4) is 5.75 Å². The summed E-state index contributed by atoms with van der Waals surface area (Å²) in [5.41, 5.74) is 7.81. The first-order valence-electron chi connectivity index (χ1n) is 7.75. The Bertz CT molecular complexity index is 529. The number of carbonyl (C=O) groups excluding carboxylic acids is 1. The molecule has 1 heterocycles. The van der Waals surface area contributed by atoms with Crippen LogP contribution < -0.4 is 15.8 Å². The Morgan fingerprint density at radius 3 is 2.65 bits per heavy atom. The van der Waals surface area contributed by atoms with Crippen LogP contribution in [0.3, 0.4) is 0 Å². The molecule has 1 aliphatic rings. The van der Waals surface area contributed by atoms with Crippen LogP contribution in [0.5, 0.6) is 5.75 Å². The number of benzene rings is 1. The molecule has 0 bridgehead atoms. The van der Waals surface area contributed by atoms with Crippen molar-refractivity contribution in [1.82, 2.24) is 5.32 Å². The van der Waals surface area contributed by atoms with E-state index in [1.165, 1.54) is 5.56 Å². The van der Waals surface area contributed by atoms with Crippen molar-refractivity contribution in [3.05, 3.63) is 29.3 Å². The second-order valence-corrected chi connectivity index (χ2v) is 6.10. The van der Waals surface area contributed by atoms with Gasteiger partial charge in [-0.15, -0.1) is 12.4 Å². The van der Waals surface area contributed by atoms with E-state index in [9.17, 15) is 4.79 Å². The molecule has 2 rings (SSSR count). The van der Waals surface area contributed by atoms with Crippen molar-refractivity contribution in [1.29, 1.82) is 0 Å². The number of ether oxygens (including phenoxy) is 2. The molecule has 0 aromatic heterocycles. The average molecular weight is 343 g/mol. The van der Waals surface area contributed by atoms with E-state index in [1.807, 2.05) is 12.1 Å². The first-order chi connectivity index (χ1) is 10.5. The van der Waals surface area contributed by atoms with Crippen LogP contribution in [-0.4, -0.2) is 38.8 Å². The van der Waals surface area contributed by atoms with E-state index < -0.39 is 6.04 Å². The third kappa shape index (κ3) is 4.59. The van der Waals surface area contributed by atoms with Gasteiger partial charge in [0.1, 0.15) is 5.75 Å². The van der Waals surface area contributed by atoms with Gasteiger partial charge in [-0.1, -0.05) is 17.7 Å². The zero-order valence-corrected chi connectivity index (χ0v) is 14.9. The maximum Gasteiger partial charge on any atom is 0.236 e. The van der Waals surface area contributed by atoms with Gasteiger partial charge in [0.15, 0.2) is 0 Å². The normalized spacial score (nSPS) is 17.7. The van der Waals surface area contributed by atoms with E-state index in [1.54, 1.807) is 14.0 Å². The van der Waals surface area contributed by atoms with Gasteiger partial charge in [-0.3, -0.25) is 4.79 Å². The molecule has 1 amide bonds. The van der Waals surface area contributed by atoms with Gasteiger partial charge in [0, 0.05) is 30.7 Å². The Hall–Kier alpha value is -1.30. The lowest BCUT2D eigenvalue weighted by Gasteiger charge is -2.39. The van der Waals surface area contributed by atoms with E-state index in [2.05, 4.69) is 18.3 Å². The standard InChI is InChI=1S/C17H26N2O3.ClH/c1-12-4-5-15(21-3)14(10-12)17(6-8-22-9-7-17)11-19-16(20)13(2)18;/h4-5,10,13H,6-9,11,18H2,1-3H3,(H,19,20);1H/t13-;/m1./s1. The first-order valence-corrected chi connectivity index (χ1v) is 7.75. The highest BCUT2D eigenvalue weighted by atomic mass is 35.5. The summed E-state index contributed by atoms with van der Waals surface area (Å²) in [6.07, 6.45) is 1.71. The van der Waals surface area contributed by atoms with Gasteiger partial charge in [0.25, 0.3) is 0 Å². The Morgan fingerprint density at radius 1 is 1.43 bits per heavy atom. The summed E-state index contributed by atoms with van der Waals surface area (Å²) >= 11 is 0. The molecule has 130 valence electrons. The van der Waals surface area contributed by atoms with Crippen LogP contribution in [-0.2, 0) is 14.9 Å². The molecule has 6 heteroatoms. The van der Waals surface area contributed by atoms with Crippen molar-refractivity contribution in [2.24, 2.45) is 5.73 Å². The summed E-state index contributed by atoms with van der Waals surface area (Å²) < 4.78 is 11.1. The van der Waals surface area contributed by atoms with Crippen molar-refractivity contribution in [2.45, 2.75) is 38.1 Å². The second kappa shape index (κ2) is 8.52. The van der Waals surface area contributed by atoms with Crippen LogP contribution in [0, 0.1) is 6.92 Å². The minimum atomic E-state index is -0.503. The number of hydrogen-bond acceptors (Lipinski definition) is 4. The number of carbonyl (C=O) groups is 1. The highest BCUT2D eigenvalue weighted by Crippen LogP contribution is 2.40. The number of nitrogens with one attached hydrogen (secondary N) is 1. The van der Waals surface area contributed by atoms with Crippen LogP contribution in [0.2, 0.25) is 0 Å². The number of aryl methyl sites for hydroxylation is 1. The van der Waals surface area contributed by atoms with Gasteiger partial charge in [0.05, 0.1) is 13.2 Å². The van der Waals surface area contributed by atoms with Crippen LogP contribution in [0.15, 0.2) is 18.2 Å². The number of nitrogens with two attached hydrogens (primary N) is 1. The zero-order valence-electron chi connectivity index (χ0n) is 14.1. The predicted molar refractivity (Wildman–Crippen MR) is 93.4 cm³/mol. The number of amides is 1. The minimum absolute atomic E-state index is 0. The quantitative estimate of drug-likeness (QED) is 0.857. The van der Waals surface area contributed by atoms with E-state index in [4.69, 9.17) is 15.2 Å². The molecule has 1 fully saturated rings.